The Kier molecular flexibility index (Phi) is 9.76. The predicted molar refractivity (Wildman–Crippen MR) is 233 cm³/mol. The maximum Gasteiger partial charge on any atom is 0.259 e. The van der Waals surface area contributed by atoms with Crippen molar-refractivity contribution in [1.29, 1.82) is 0 Å². The van der Waals surface area contributed by atoms with Gasteiger partial charge >= 0.3 is 0 Å². The number of carbonyl (C=O) groups excluding carboxylic acids is 2. The first kappa shape index (κ1) is 37.1. The molecule has 0 spiro atoms. The molecule has 0 aliphatic heterocycles. The Morgan fingerprint density at radius 2 is 1.10 bits per heavy atom. The van der Waals surface area contributed by atoms with Crippen molar-refractivity contribution in [1.82, 2.24) is 4.98 Å². The molecule has 2 amide bonds. The fourth-order valence-corrected chi connectivity index (χ4v) is 6.83. The number of azo groups is 2. The average Bonchev–Trinajstić information content (AvgIpc) is 3.70. The van der Waals surface area contributed by atoms with Crippen LogP contribution in [0, 0.1) is 6.92 Å². The SMILES string of the molecule is Cc1cc(-c2nc3ccc(N=Nc4c(O)c(C(=O)Nc5ccccc5)cc5ccccc45)cc3o2)ccc1N=Nc1c(O)c(C(=O)Nc2ccccc2)cc2ccccc12. The molecule has 0 atom stereocenters. The highest BCUT2D eigenvalue weighted by Crippen LogP contribution is 2.42. The van der Waals surface area contributed by atoms with Crippen molar-refractivity contribution < 1.29 is 24.2 Å². The first-order valence-electron chi connectivity index (χ1n) is 18.9. The summed E-state index contributed by atoms with van der Waals surface area (Å²) in [5.74, 6) is -1.16. The number of hydrogen-bond donors (Lipinski definition) is 4. The molecular weight excluding hydrogens is 755 g/mol. The molecule has 0 bridgehead atoms. The zero-order valence-corrected chi connectivity index (χ0v) is 31.9. The van der Waals surface area contributed by atoms with Crippen LogP contribution in [0.3, 0.4) is 0 Å². The van der Waals surface area contributed by atoms with Gasteiger partial charge in [-0.15, -0.1) is 10.2 Å². The highest BCUT2D eigenvalue weighted by Gasteiger charge is 2.21. The number of phenols is 2. The van der Waals surface area contributed by atoms with Crippen LogP contribution in [0.25, 0.3) is 44.1 Å². The van der Waals surface area contributed by atoms with Crippen LogP contribution in [0.5, 0.6) is 11.5 Å². The standard InChI is InChI=1S/C48H33N7O5/c1-28-24-31(20-22-39(28)53-55-43-36-19-11-9-13-30(36)26-38(45(43)57)47(59)50-33-16-6-3-7-17-33)48-51-40-23-21-34(27-41(40)60-48)52-54-42-35-18-10-8-12-29(35)25-37(44(42)56)46(58)49-32-14-4-2-5-15-32/h2-27,56-57H,1H3,(H,49,58)(H,50,59). The second kappa shape index (κ2) is 15.8. The number of aromatic nitrogens is 1. The van der Waals surface area contributed by atoms with Gasteiger partial charge in [0, 0.05) is 33.8 Å². The van der Waals surface area contributed by atoms with Gasteiger partial charge in [-0.3, -0.25) is 9.59 Å². The van der Waals surface area contributed by atoms with E-state index in [9.17, 15) is 19.8 Å². The molecular formula is C48H33N7O5. The fraction of sp³-hybridized carbons (Fsp3) is 0.0208. The monoisotopic (exact) mass is 787 g/mol. The topological polar surface area (TPSA) is 174 Å². The number of amides is 2. The summed E-state index contributed by atoms with van der Waals surface area (Å²) >= 11 is 0. The molecule has 0 aliphatic carbocycles. The van der Waals surface area contributed by atoms with Gasteiger partial charge in [-0.2, -0.15) is 10.2 Å². The lowest BCUT2D eigenvalue weighted by Gasteiger charge is -2.11. The average molecular weight is 788 g/mol. The van der Waals surface area contributed by atoms with E-state index < -0.39 is 11.8 Å². The van der Waals surface area contributed by atoms with Crippen LogP contribution in [-0.4, -0.2) is 27.0 Å². The fourth-order valence-electron chi connectivity index (χ4n) is 6.83. The molecule has 0 saturated heterocycles. The number of rotatable bonds is 9. The Hall–Kier alpha value is -8.51. The van der Waals surface area contributed by atoms with Gasteiger partial charge in [-0.05, 0) is 90.0 Å². The molecule has 9 aromatic rings. The second-order valence-electron chi connectivity index (χ2n) is 13.9. The number of nitrogens with one attached hydrogen (secondary N) is 2. The molecule has 0 radical (unpaired) electrons. The summed E-state index contributed by atoms with van der Waals surface area (Å²) in [4.78, 5) is 31.2. The molecule has 290 valence electrons. The van der Waals surface area contributed by atoms with E-state index >= 15 is 0 Å². The summed E-state index contributed by atoms with van der Waals surface area (Å²) in [5, 5.41) is 48.7. The first-order valence-corrected chi connectivity index (χ1v) is 18.9. The number of benzene rings is 8. The summed E-state index contributed by atoms with van der Waals surface area (Å²) < 4.78 is 6.17. The zero-order chi connectivity index (χ0) is 41.2. The number of aromatic hydroxyl groups is 2. The van der Waals surface area contributed by atoms with Gasteiger partial charge in [0.05, 0.1) is 22.5 Å². The number of aryl methyl sites for hydroxylation is 1. The molecule has 12 heteroatoms. The molecule has 8 aromatic carbocycles. The third-order valence-corrected chi connectivity index (χ3v) is 9.88. The highest BCUT2D eigenvalue weighted by molar-refractivity contribution is 6.13. The molecule has 1 aromatic heterocycles. The third-order valence-electron chi connectivity index (χ3n) is 9.88. The quantitative estimate of drug-likeness (QED) is 0.106. The number of oxazole rings is 1. The maximum atomic E-state index is 13.3. The van der Waals surface area contributed by atoms with E-state index in [0.717, 1.165) is 10.9 Å². The van der Waals surface area contributed by atoms with E-state index in [1.54, 1.807) is 66.7 Å². The van der Waals surface area contributed by atoms with Crippen LogP contribution >= 0.6 is 0 Å². The summed E-state index contributed by atoms with van der Waals surface area (Å²) in [6, 6.07) is 46.6. The molecule has 1 heterocycles. The van der Waals surface area contributed by atoms with E-state index in [4.69, 9.17) is 4.42 Å². The predicted octanol–water partition coefficient (Wildman–Crippen LogP) is 12.9. The van der Waals surface area contributed by atoms with Gasteiger partial charge in [-0.1, -0.05) is 84.9 Å². The van der Waals surface area contributed by atoms with Crippen LogP contribution in [0.1, 0.15) is 26.3 Å². The lowest BCUT2D eigenvalue weighted by Crippen LogP contribution is -2.12. The van der Waals surface area contributed by atoms with Gasteiger partial charge in [0.2, 0.25) is 5.89 Å². The highest BCUT2D eigenvalue weighted by atomic mass is 16.3. The minimum atomic E-state index is -0.480. The Morgan fingerprint density at radius 1 is 0.567 bits per heavy atom. The van der Waals surface area contributed by atoms with Crippen molar-refractivity contribution in [3.05, 3.63) is 174 Å². The van der Waals surface area contributed by atoms with Crippen LogP contribution in [0.4, 0.5) is 34.1 Å². The Bertz CT molecular complexity index is 3180. The summed E-state index contributed by atoms with van der Waals surface area (Å²) in [7, 11) is 0. The maximum absolute atomic E-state index is 13.3. The minimum absolute atomic E-state index is 0.0639. The molecule has 12 nitrogen and oxygen atoms in total. The number of hydrogen-bond acceptors (Lipinski definition) is 10. The van der Waals surface area contributed by atoms with Gasteiger partial charge in [0.25, 0.3) is 11.8 Å². The number of para-hydroxylation sites is 2. The number of nitrogens with zero attached hydrogens (tertiary/aromatic N) is 5. The van der Waals surface area contributed by atoms with Crippen molar-refractivity contribution in [3.8, 4) is 23.0 Å². The van der Waals surface area contributed by atoms with Crippen LogP contribution in [-0.2, 0) is 0 Å². The Balaban J connectivity index is 0.973. The van der Waals surface area contributed by atoms with E-state index in [1.807, 2.05) is 97.9 Å². The minimum Gasteiger partial charge on any atom is -0.505 e. The largest absolute Gasteiger partial charge is 0.505 e. The van der Waals surface area contributed by atoms with E-state index in [-0.39, 0.29) is 34.0 Å². The van der Waals surface area contributed by atoms with Crippen LogP contribution in [0.2, 0.25) is 0 Å². The summed E-state index contributed by atoms with van der Waals surface area (Å²) in [5.41, 5.74) is 5.15. The smallest absolute Gasteiger partial charge is 0.259 e. The molecule has 0 saturated carbocycles. The third kappa shape index (κ3) is 7.39. The number of fused-ring (bicyclic) bond motifs is 3. The normalized spacial score (nSPS) is 11.6. The molecule has 9 rings (SSSR count). The second-order valence-corrected chi connectivity index (χ2v) is 13.9. The number of anilines is 2. The lowest BCUT2D eigenvalue weighted by atomic mass is 10.0. The van der Waals surface area contributed by atoms with Crippen molar-refractivity contribution in [3.63, 3.8) is 0 Å². The molecule has 0 aliphatic rings. The molecule has 0 unspecified atom stereocenters. The molecule has 4 N–H and O–H groups in total. The Labute approximate surface area is 342 Å². The van der Waals surface area contributed by atoms with Gasteiger partial charge < -0.3 is 25.3 Å². The van der Waals surface area contributed by atoms with Crippen LogP contribution in [0.15, 0.2) is 183 Å². The molecule has 0 fully saturated rings. The van der Waals surface area contributed by atoms with Crippen molar-refractivity contribution in [2.75, 3.05) is 10.6 Å². The molecule has 60 heavy (non-hydrogen) atoms. The van der Waals surface area contributed by atoms with Crippen molar-refractivity contribution in [2.24, 2.45) is 20.5 Å². The summed E-state index contributed by atoms with van der Waals surface area (Å²) in [6.07, 6.45) is 0. The van der Waals surface area contributed by atoms with Crippen molar-refractivity contribution >= 4 is 78.6 Å². The van der Waals surface area contributed by atoms with Gasteiger partial charge in [0.1, 0.15) is 16.9 Å². The summed E-state index contributed by atoms with van der Waals surface area (Å²) in [6.45, 7) is 1.88. The van der Waals surface area contributed by atoms with Crippen LogP contribution < -0.4 is 10.6 Å². The van der Waals surface area contributed by atoms with Gasteiger partial charge in [-0.25, -0.2) is 4.98 Å². The first-order chi connectivity index (χ1) is 29.3. The number of phenolic OH excluding ortho intramolecular Hbond substituents is 2. The van der Waals surface area contributed by atoms with Gasteiger partial charge in [0.15, 0.2) is 17.1 Å². The zero-order valence-electron chi connectivity index (χ0n) is 31.9. The Morgan fingerprint density at radius 3 is 1.67 bits per heavy atom. The van der Waals surface area contributed by atoms with Crippen molar-refractivity contribution in [2.45, 2.75) is 6.92 Å². The van der Waals surface area contributed by atoms with E-state index in [1.165, 1.54) is 0 Å². The lowest BCUT2D eigenvalue weighted by molar-refractivity contribution is 0.101. The van der Waals surface area contributed by atoms with E-state index in [0.29, 0.717) is 61.5 Å². The van der Waals surface area contributed by atoms with E-state index in [2.05, 4.69) is 36.1 Å². The number of carbonyl (C=O) groups is 2.